The van der Waals surface area contributed by atoms with Crippen LogP contribution in [0.25, 0.3) is 0 Å². The maximum absolute atomic E-state index is 10.4. The summed E-state index contributed by atoms with van der Waals surface area (Å²) in [4.78, 5) is 9.91. The average molecular weight is 227 g/mol. The van der Waals surface area contributed by atoms with E-state index in [2.05, 4.69) is 5.10 Å². The van der Waals surface area contributed by atoms with Crippen LogP contribution in [0, 0.1) is 10.1 Å². The molecule has 7 heteroatoms. The third-order valence-corrected chi connectivity index (χ3v) is 2.27. The van der Waals surface area contributed by atoms with E-state index in [4.69, 9.17) is 9.47 Å². The van der Waals surface area contributed by atoms with Crippen LogP contribution >= 0.6 is 0 Å². The van der Waals surface area contributed by atoms with Gasteiger partial charge in [-0.1, -0.05) is 0 Å². The highest BCUT2D eigenvalue weighted by Gasteiger charge is 2.33. The van der Waals surface area contributed by atoms with Crippen molar-refractivity contribution in [3.63, 3.8) is 0 Å². The molecule has 1 fully saturated rings. The zero-order chi connectivity index (χ0) is 11.8. The normalized spacial score (nSPS) is 23.5. The highest BCUT2D eigenvalue weighted by molar-refractivity contribution is 5.14. The highest BCUT2D eigenvalue weighted by atomic mass is 16.7. The molecule has 0 amide bonds. The first-order chi connectivity index (χ1) is 7.46. The van der Waals surface area contributed by atoms with Crippen LogP contribution in [-0.4, -0.2) is 33.2 Å². The predicted octanol–water partition coefficient (Wildman–Crippen LogP) is 0.943. The summed E-state index contributed by atoms with van der Waals surface area (Å²) in [5.74, 6) is -0.734. The van der Waals surface area contributed by atoms with E-state index >= 15 is 0 Å². The van der Waals surface area contributed by atoms with Crippen LogP contribution in [-0.2, 0) is 16.0 Å². The van der Waals surface area contributed by atoms with Crippen molar-refractivity contribution in [2.45, 2.75) is 32.3 Å². The molecular formula is C9H13N3O4. The molecule has 1 aromatic heterocycles. The lowest BCUT2D eigenvalue weighted by atomic mass is 10.4. The van der Waals surface area contributed by atoms with Crippen LogP contribution < -0.4 is 0 Å². The molecule has 88 valence electrons. The molecule has 2 heterocycles. The summed E-state index contributed by atoms with van der Waals surface area (Å²) in [6, 6.07) is 1.36. The minimum absolute atomic E-state index is 0.116. The molecule has 1 aromatic rings. The molecule has 1 saturated heterocycles. The summed E-state index contributed by atoms with van der Waals surface area (Å²) < 4.78 is 12.4. The lowest BCUT2D eigenvalue weighted by molar-refractivity contribution is -0.389. The Labute approximate surface area is 92.1 Å². The van der Waals surface area contributed by atoms with E-state index in [1.807, 2.05) is 13.8 Å². The SMILES string of the molecule is CC1(C)OCC(Cn2ccc([N+](=O)[O-])n2)O1. The van der Waals surface area contributed by atoms with Crippen molar-refractivity contribution in [3.05, 3.63) is 22.4 Å². The standard InChI is InChI=1S/C9H13N3O4/c1-9(2)15-6-7(16-9)5-11-4-3-8(10-11)12(13)14/h3-4,7H,5-6H2,1-2H3. The van der Waals surface area contributed by atoms with E-state index in [1.54, 1.807) is 6.20 Å². The second kappa shape index (κ2) is 3.84. The first-order valence-corrected chi connectivity index (χ1v) is 4.96. The van der Waals surface area contributed by atoms with Crippen molar-refractivity contribution in [1.82, 2.24) is 9.78 Å². The van der Waals surface area contributed by atoms with Gasteiger partial charge in [-0.05, 0) is 18.8 Å². The van der Waals surface area contributed by atoms with Crippen molar-refractivity contribution in [3.8, 4) is 0 Å². The van der Waals surface area contributed by atoms with Crippen LogP contribution in [0.2, 0.25) is 0 Å². The molecule has 0 radical (unpaired) electrons. The number of ether oxygens (including phenoxy) is 2. The molecule has 1 atom stereocenters. The fourth-order valence-corrected chi connectivity index (χ4v) is 1.61. The molecule has 7 nitrogen and oxygen atoms in total. The molecule has 0 N–H and O–H groups in total. The first kappa shape index (κ1) is 11.0. The van der Waals surface area contributed by atoms with Gasteiger partial charge in [0.15, 0.2) is 5.79 Å². The Morgan fingerprint density at radius 2 is 2.50 bits per heavy atom. The maximum Gasteiger partial charge on any atom is 0.389 e. The predicted molar refractivity (Wildman–Crippen MR) is 53.8 cm³/mol. The Kier molecular flexibility index (Phi) is 2.64. The number of nitrogens with zero attached hydrogens (tertiary/aromatic N) is 3. The van der Waals surface area contributed by atoms with E-state index < -0.39 is 10.7 Å². The fourth-order valence-electron chi connectivity index (χ4n) is 1.61. The van der Waals surface area contributed by atoms with E-state index in [9.17, 15) is 10.1 Å². The van der Waals surface area contributed by atoms with Crippen LogP contribution in [0.4, 0.5) is 5.82 Å². The monoisotopic (exact) mass is 227 g/mol. The summed E-state index contributed by atoms with van der Waals surface area (Å²) in [5.41, 5.74) is 0. The number of nitro groups is 1. The molecule has 0 saturated carbocycles. The minimum Gasteiger partial charge on any atom is -0.358 e. The minimum atomic E-state index is -0.580. The summed E-state index contributed by atoms with van der Waals surface area (Å²) in [6.45, 7) is 4.59. The van der Waals surface area contributed by atoms with Crippen molar-refractivity contribution in [2.75, 3.05) is 6.61 Å². The van der Waals surface area contributed by atoms with Crippen LogP contribution in [0.1, 0.15) is 13.8 Å². The Bertz CT molecular complexity index is 401. The molecule has 1 unspecified atom stereocenters. The topological polar surface area (TPSA) is 79.4 Å². The van der Waals surface area contributed by atoms with Gasteiger partial charge < -0.3 is 19.6 Å². The molecule has 0 bridgehead atoms. The van der Waals surface area contributed by atoms with Gasteiger partial charge in [0.05, 0.1) is 30.5 Å². The van der Waals surface area contributed by atoms with Gasteiger partial charge in [-0.15, -0.1) is 0 Å². The third-order valence-electron chi connectivity index (χ3n) is 2.27. The zero-order valence-corrected chi connectivity index (χ0v) is 9.12. The van der Waals surface area contributed by atoms with Gasteiger partial charge in [0.25, 0.3) is 0 Å². The Hall–Kier alpha value is -1.47. The summed E-state index contributed by atoms with van der Waals surface area (Å²) in [6.07, 6.45) is 1.45. The van der Waals surface area contributed by atoms with Crippen LogP contribution in [0.3, 0.4) is 0 Å². The van der Waals surface area contributed by atoms with Crippen LogP contribution in [0.15, 0.2) is 12.3 Å². The average Bonchev–Trinajstić information content (AvgIpc) is 2.73. The summed E-state index contributed by atoms with van der Waals surface area (Å²) >= 11 is 0. The Morgan fingerprint density at radius 1 is 1.75 bits per heavy atom. The number of hydrogen-bond donors (Lipinski definition) is 0. The van der Waals surface area contributed by atoms with Gasteiger partial charge in [0.1, 0.15) is 6.10 Å². The van der Waals surface area contributed by atoms with Crippen molar-refractivity contribution in [2.24, 2.45) is 0 Å². The zero-order valence-electron chi connectivity index (χ0n) is 9.12. The lowest BCUT2D eigenvalue weighted by Crippen LogP contribution is -2.24. The summed E-state index contributed by atoms with van der Waals surface area (Å²) in [5, 5.41) is 14.2. The quantitative estimate of drug-likeness (QED) is 0.567. The molecule has 0 aliphatic carbocycles. The van der Waals surface area contributed by atoms with Gasteiger partial charge in [-0.3, -0.25) is 0 Å². The Balaban J connectivity index is 1.97. The van der Waals surface area contributed by atoms with E-state index in [0.29, 0.717) is 13.2 Å². The molecule has 2 rings (SSSR count). The van der Waals surface area contributed by atoms with Crippen LogP contribution in [0.5, 0.6) is 0 Å². The van der Waals surface area contributed by atoms with Gasteiger partial charge in [-0.25, -0.2) is 0 Å². The lowest BCUT2D eigenvalue weighted by Gasteiger charge is -2.16. The molecule has 1 aliphatic rings. The maximum atomic E-state index is 10.4. The summed E-state index contributed by atoms with van der Waals surface area (Å²) in [7, 11) is 0. The molecule has 16 heavy (non-hydrogen) atoms. The number of aromatic nitrogens is 2. The van der Waals surface area contributed by atoms with Crippen molar-refractivity contribution >= 4 is 5.82 Å². The Morgan fingerprint density at radius 3 is 3.00 bits per heavy atom. The number of hydrogen-bond acceptors (Lipinski definition) is 5. The number of rotatable bonds is 3. The molecule has 1 aliphatic heterocycles. The first-order valence-electron chi connectivity index (χ1n) is 4.96. The second-order valence-electron chi connectivity index (χ2n) is 4.10. The fraction of sp³-hybridized carbons (Fsp3) is 0.667. The molecule has 0 aromatic carbocycles. The molecule has 0 spiro atoms. The van der Waals surface area contributed by atoms with Gasteiger partial charge in [0, 0.05) is 0 Å². The second-order valence-corrected chi connectivity index (χ2v) is 4.10. The van der Waals surface area contributed by atoms with Crippen molar-refractivity contribution in [1.29, 1.82) is 0 Å². The van der Waals surface area contributed by atoms with E-state index in [0.717, 1.165) is 0 Å². The van der Waals surface area contributed by atoms with E-state index in [1.165, 1.54) is 10.7 Å². The van der Waals surface area contributed by atoms with Crippen molar-refractivity contribution < 1.29 is 14.4 Å². The molecular weight excluding hydrogens is 214 g/mol. The third kappa shape index (κ3) is 2.37. The van der Waals surface area contributed by atoms with E-state index in [-0.39, 0.29) is 11.9 Å². The smallest absolute Gasteiger partial charge is 0.358 e. The highest BCUT2D eigenvalue weighted by Crippen LogP contribution is 2.23. The van der Waals surface area contributed by atoms with Gasteiger partial charge >= 0.3 is 5.82 Å². The van der Waals surface area contributed by atoms with Gasteiger partial charge in [0.2, 0.25) is 0 Å². The van der Waals surface area contributed by atoms with Gasteiger partial charge in [-0.2, -0.15) is 4.68 Å². The largest absolute Gasteiger partial charge is 0.389 e.